The van der Waals surface area contributed by atoms with Gasteiger partial charge in [0.25, 0.3) is 0 Å². The predicted octanol–water partition coefficient (Wildman–Crippen LogP) is 1.88. The molecule has 0 aromatic heterocycles. The van der Waals surface area contributed by atoms with E-state index in [9.17, 15) is 0 Å². The highest BCUT2D eigenvalue weighted by molar-refractivity contribution is 5.79. The second-order valence-electron chi connectivity index (χ2n) is 6.50. The van der Waals surface area contributed by atoms with Gasteiger partial charge in [-0.1, -0.05) is 30.3 Å². The van der Waals surface area contributed by atoms with Gasteiger partial charge in [0.1, 0.15) is 0 Å². The van der Waals surface area contributed by atoms with E-state index in [0.29, 0.717) is 0 Å². The minimum atomic E-state index is 0.772. The van der Waals surface area contributed by atoms with Gasteiger partial charge in [-0.2, -0.15) is 0 Å². The maximum Gasteiger partial charge on any atom is 0.190 e. The van der Waals surface area contributed by atoms with Crippen molar-refractivity contribution in [3.05, 3.63) is 35.9 Å². The fraction of sp³-hybridized carbons (Fsp3) is 0.611. The molecule has 0 spiro atoms. The molecule has 1 atom stereocenters. The lowest BCUT2D eigenvalue weighted by molar-refractivity contribution is 0.314. The topological polar surface area (TPSA) is 39.7 Å². The van der Waals surface area contributed by atoms with Crippen LogP contribution in [0.3, 0.4) is 0 Å². The molecule has 1 aromatic rings. The van der Waals surface area contributed by atoms with Gasteiger partial charge in [0.05, 0.1) is 0 Å². The van der Waals surface area contributed by atoms with E-state index in [-0.39, 0.29) is 0 Å². The van der Waals surface area contributed by atoms with Gasteiger partial charge < -0.3 is 15.5 Å². The van der Waals surface area contributed by atoms with E-state index in [4.69, 9.17) is 0 Å². The third-order valence-corrected chi connectivity index (χ3v) is 4.71. The molecule has 2 fully saturated rings. The van der Waals surface area contributed by atoms with Crippen molar-refractivity contribution in [3.63, 3.8) is 0 Å². The number of likely N-dealkylation sites (tertiary alicyclic amines) is 1. The van der Waals surface area contributed by atoms with Gasteiger partial charge in [-0.3, -0.25) is 4.99 Å². The summed E-state index contributed by atoms with van der Waals surface area (Å²) in [5.74, 6) is 1.70. The second-order valence-corrected chi connectivity index (χ2v) is 6.50. The summed E-state index contributed by atoms with van der Waals surface area (Å²) < 4.78 is 0. The van der Waals surface area contributed by atoms with Gasteiger partial charge in [0, 0.05) is 32.7 Å². The van der Waals surface area contributed by atoms with Crippen LogP contribution >= 0.6 is 0 Å². The monoisotopic (exact) mass is 300 g/mol. The van der Waals surface area contributed by atoms with Crippen LogP contribution in [0, 0.1) is 5.92 Å². The van der Waals surface area contributed by atoms with Crippen molar-refractivity contribution >= 4 is 5.96 Å². The van der Waals surface area contributed by atoms with Crippen LogP contribution in [0.4, 0.5) is 0 Å². The van der Waals surface area contributed by atoms with E-state index in [1.165, 1.54) is 37.9 Å². The number of nitrogens with zero attached hydrogens (tertiary/aromatic N) is 2. The molecule has 1 aliphatic carbocycles. The van der Waals surface area contributed by atoms with E-state index in [1.807, 2.05) is 7.05 Å². The average Bonchev–Trinajstić information content (AvgIpc) is 3.30. The Morgan fingerprint density at radius 1 is 1.18 bits per heavy atom. The van der Waals surface area contributed by atoms with E-state index in [1.54, 1.807) is 0 Å². The number of nitrogens with one attached hydrogen (secondary N) is 2. The Morgan fingerprint density at radius 2 is 2.00 bits per heavy atom. The molecule has 3 rings (SSSR count). The number of guanidine groups is 1. The molecule has 2 N–H and O–H groups in total. The maximum atomic E-state index is 4.33. The quantitative estimate of drug-likeness (QED) is 0.622. The van der Waals surface area contributed by atoms with Crippen molar-refractivity contribution in [2.75, 3.05) is 33.2 Å². The van der Waals surface area contributed by atoms with Gasteiger partial charge >= 0.3 is 0 Å². The fourth-order valence-electron chi connectivity index (χ4n) is 3.23. The number of rotatable bonds is 6. The van der Waals surface area contributed by atoms with E-state index >= 15 is 0 Å². The highest BCUT2D eigenvalue weighted by Crippen LogP contribution is 2.31. The Hall–Kier alpha value is -1.55. The maximum absolute atomic E-state index is 4.33. The molecular formula is C18H28N4. The van der Waals surface area contributed by atoms with Crippen LogP contribution in [0.15, 0.2) is 35.3 Å². The van der Waals surface area contributed by atoms with Crippen molar-refractivity contribution in [2.45, 2.75) is 31.7 Å². The van der Waals surface area contributed by atoms with Gasteiger partial charge in [-0.15, -0.1) is 0 Å². The Labute approximate surface area is 134 Å². The summed E-state index contributed by atoms with van der Waals surface area (Å²) in [4.78, 5) is 6.99. The molecule has 0 bridgehead atoms. The Bertz CT molecular complexity index is 481. The van der Waals surface area contributed by atoms with Crippen molar-refractivity contribution in [3.8, 4) is 0 Å². The van der Waals surface area contributed by atoms with Crippen LogP contribution < -0.4 is 10.6 Å². The largest absolute Gasteiger partial charge is 0.356 e. The zero-order valence-corrected chi connectivity index (χ0v) is 13.6. The molecule has 4 heteroatoms. The minimum Gasteiger partial charge on any atom is -0.356 e. The van der Waals surface area contributed by atoms with Crippen LogP contribution in [0.5, 0.6) is 0 Å². The zero-order valence-electron chi connectivity index (χ0n) is 13.6. The van der Waals surface area contributed by atoms with Crippen LogP contribution in [0.25, 0.3) is 0 Å². The van der Waals surface area contributed by atoms with Crippen molar-refractivity contribution < 1.29 is 0 Å². The average molecular weight is 300 g/mol. The smallest absolute Gasteiger partial charge is 0.190 e. The highest BCUT2D eigenvalue weighted by atomic mass is 15.2. The van der Waals surface area contributed by atoms with Crippen molar-refractivity contribution in [1.82, 2.24) is 15.5 Å². The Balaban J connectivity index is 1.33. The molecule has 4 nitrogen and oxygen atoms in total. The molecule has 1 heterocycles. The molecule has 1 aliphatic heterocycles. The lowest BCUT2D eigenvalue weighted by atomic mass is 10.1. The molecular weight excluding hydrogens is 272 g/mol. The Kier molecular flexibility index (Phi) is 5.33. The van der Waals surface area contributed by atoms with Crippen LogP contribution in [0.1, 0.15) is 24.8 Å². The third-order valence-electron chi connectivity index (χ3n) is 4.71. The minimum absolute atomic E-state index is 0.772. The van der Waals surface area contributed by atoms with Gasteiger partial charge in [-0.25, -0.2) is 0 Å². The first-order valence-corrected chi connectivity index (χ1v) is 8.57. The molecule has 1 aromatic carbocycles. The predicted molar refractivity (Wildman–Crippen MR) is 92.2 cm³/mol. The highest BCUT2D eigenvalue weighted by Gasteiger charge is 2.34. The summed E-state index contributed by atoms with van der Waals surface area (Å²) in [6.45, 7) is 4.51. The van der Waals surface area contributed by atoms with Gasteiger partial charge in [0.2, 0.25) is 0 Å². The van der Waals surface area contributed by atoms with Crippen molar-refractivity contribution in [2.24, 2.45) is 10.9 Å². The lowest BCUT2D eigenvalue weighted by Gasteiger charge is -2.17. The van der Waals surface area contributed by atoms with Gasteiger partial charge in [-0.05, 0) is 43.7 Å². The first kappa shape index (κ1) is 15.3. The third kappa shape index (κ3) is 4.47. The summed E-state index contributed by atoms with van der Waals surface area (Å²) in [5, 5.41) is 6.90. The first-order chi connectivity index (χ1) is 10.8. The number of benzene rings is 1. The summed E-state index contributed by atoms with van der Waals surface area (Å²) in [7, 11) is 1.85. The molecule has 1 unspecified atom stereocenters. The van der Waals surface area contributed by atoms with Gasteiger partial charge in [0.15, 0.2) is 5.96 Å². The molecule has 1 saturated heterocycles. The molecule has 2 aliphatic rings. The molecule has 0 radical (unpaired) electrons. The molecule has 22 heavy (non-hydrogen) atoms. The van der Waals surface area contributed by atoms with E-state index in [2.05, 4.69) is 50.9 Å². The van der Waals surface area contributed by atoms with Crippen molar-refractivity contribution in [1.29, 1.82) is 0 Å². The molecule has 120 valence electrons. The molecule has 0 amide bonds. The van der Waals surface area contributed by atoms with Crippen LogP contribution in [0.2, 0.25) is 0 Å². The second kappa shape index (κ2) is 7.63. The standard InChI is InChI=1S/C18H28N4/c1-19-18(20-11-9-15-5-3-2-4-6-15)21-13-16-10-12-22(14-16)17-7-8-17/h2-6,16-17H,7-14H2,1H3,(H2,19,20,21). The number of hydrogen-bond donors (Lipinski definition) is 2. The summed E-state index contributed by atoms with van der Waals surface area (Å²) >= 11 is 0. The zero-order chi connectivity index (χ0) is 15.2. The van der Waals surface area contributed by atoms with E-state index in [0.717, 1.165) is 37.4 Å². The Morgan fingerprint density at radius 3 is 2.73 bits per heavy atom. The number of aliphatic imine (C=N–C) groups is 1. The summed E-state index contributed by atoms with van der Waals surface area (Å²) in [5.41, 5.74) is 1.36. The summed E-state index contributed by atoms with van der Waals surface area (Å²) in [6.07, 6.45) is 5.19. The number of hydrogen-bond acceptors (Lipinski definition) is 2. The molecule has 1 saturated carbocycles. The first-order valence-electron chi connectivity index (χ1n) is 8.57. The SMILES string of the molecule is CN=C(NCCc1ccccc1)NCC1CCN(C2CC2)C1. The fourth-order valence-corrected chi connectivity index (χ4v) is 3.23. The van der Waals surface area contributed by atoms with E-state index < -0.39 is 0 Å². The summed E-state index contributed by atoms with van der Waals surface area (Å²) in [6, 6.07) is 11.5. The normalized spacial score (nSPS) is 22.8. The lowest BCUT2D eigenvalue weighted by Crippen LogP contribution is -2.41. The van der Waals surface area contributed by atoms with Crippen LogP contribution in [-0.2, 0) is 6.42 Å². The van der Waals surface area contributed by atoms with Crippen LogP contribution in [-0.4, -0.2) is 50.1 Å².